The quantitative estimate of drug-likeness (QED) is 0.0165. The van der Waals surface area contributed by atoms with Gasteiger partial charge in [-0.25, -0.2) is 4.57 Å². The zero-order chi connectivity index (χ0) is 44.3. The first kappa shape index (κ1) is 57.1. The van der Waals surface area contributed by atoms with Crippen LogP contribution in [0.4, 0.5) is 0 Å². The summed E-state index contributed by atoms with van der Waals surface area (Å²) in [6.45, 7) is 3.85. The van der Waals surface area contributed by atoms with Gasteiger partial charge in [0, 0.05) is 6.42 Å². The van der Waals surface area contributed by atoms with Gasteiger partial charge in [-0.05, 0) is 19.3 Å². The Bertz CT molecular complexity index is 1070. The van der Waals surface area contributed by atoms with Gasteiger partial charge in [-0.3, -0.25) is 13.8 Å². The van der Waals surface area contributed by atoms with E-state index in [0.29, 0.717) is 6.42 Å². The zero-order valence-electron chi connectivity index (χ0n) is 38.0. The predicted octanol–water partition coefficient (Wildman–Crippen LogP) is 9.62. The van der Waals surface area contributed by atoms with Gasteiger partial charge < -0.3 is 40.8 Å². The van der Waals surface area contributed by atoms with E-state index in [1.165, 1.54) is 160 Å². The topological polar surface area (TPSA) is 206 Å². The molecule has 1 rings (SSSR count). The van der Waals surface area contributed by atoms with Crippen molar-refractivity contribution in [3.63, 3.8) is 0 Å². The maximum absolute atomic E-state index is 13.0. The van der Waals surface area contributed by atoms with Crippen LogP contribution in [0.25, 0.3) is 0 Å². The van der Waals surface area contributed by atoms with E-state index >= 15 is 0 Å². The van der Waals surface area contributed by atoms with Crippen LogP contribution < -0.4 is 5.32 Å². The zero-order valence-corrected chi connectivity index (χ0v) is 38.9. The Morgan fingerprint density at radius 2 is 0.883 bits per heavy atom. The number of amides is 1. The fraction of sp³-hybridized carbons (Fsp3) is 0.936. The second kappa shape index (κ2) is 37.5. The number of hydrogen-bond donors (Lipinski definition) is 8. The van der Waals surface area contributed by atoms with Crippen molar-refractivity contribution in [2.24, 2.45) is 0 Å². The molecule has 0 aromatic heterocycles. The monoisotopic (exact) mass is 878 g/mol. The molecule has 0 aliphatic heterocycles. The molecule has 0 saturated heterocycles. The van der Waals surface area contributed by atoms with Crippen molar-refractivity contribution in [3.05, 3.63) is 12.2 Å². The molecule has 1 aliphatic carbocycles. The van der Waals surface area contributed by atoms with Crippen molar-refractivity contribution in [3.8, 4) is 0 Å². The van der Waals surface area contributed by atoms with Crippen LogP contribution in [0.15, 0.2) is 12.2 Å². The average Bonchev–Trinajstić information content (AvgIpc) is 3.23. The van der Waals surface area contributed by atoms with Gasteiger partial charge in [-0.1, -0.05) is 212 Å². The highest BCUT2D eigenvalue weighted by Crippen LogP contribution is 2.47. The summed E-state index contributed by atoms with van der Waals surface area (Å²) in [6.07, 6.45) is 29.9. The maximum atomic E-state index is 13.0. The number of carbonyl (C=O) groups excluding carboxylic acids is 1. The van der Waals surface area contributed by atoms with Gasteiger partial charge in [0.25, 0.3) is 0 Å². The Balaban J connectivity index is 2.44. The first-order chi connectivity index (χ1) is 28.9. The molecule has 1 aliphatic rings. The minimum atomic E-state index is -5.08. The summed E-state index contributed by atoms with van der Waals surface area (Å²) in [7, 11) is -5.08. The second-order valence-electron chi connectivity index (χ2n) is 17.7. The second-order valence-corrected chi connectivity index (χ2v) is 19.1. The predicted molar refractivity (Wildman–Crippen MR) is 241 cm³/mol. The lowest BCUT2D eigenvalue weighted by Crippen LogP contribution is -2.64. The number of allylic oxidation sites excluding steroid dienone is 1. The van der Waals surface area contributed by atoms with Crippen LogP contribution in [-0.4, -0.2) is 96.8 Å². The third-order valence-electron chi connectivity index (χ3n) is 12.1. The average molecular weight is 878 g/mol. The number of aliphatic hydroxyl groups excluding tert-OH is 6. The minimum absolute atomic E-state index is 0.219. The normalized spacial score (nSPS) is 22.9. The minimum Gasteiger partial charge on any atom is -0.387 e. The van der Waals surface area contributed by atoms with E-state index in [2.05, 4.69) is 19.2 Å². The molecular weight excluding hydrogens is 785 g/mol. The molecule has 0 spiro atoms. The van der Waals surface area contributed by atoms with E-state index in [-0.39, 0.29) is 12.3 Å². The Morgan fingerprint density at radius 1 is 0.550 bits per heavy atom. The summed E-state index contributed by atoms with van der Waals surface area (Å²) >= 11 is 0. The largest absolute Gasteiger partial charge is 0.472 e. The third kappa shape index (κ3) is 28.7. The SMILES string of the molecule is CCCCCCCCCCCCCC/C=C/[C@@H](O)[C@H](COP(=O)(O)OC1C(O)C(O)C(O)[C@@H](O)C1O)NC(=O)CCCCCCCCCCCCCCCCCCCCC. The van der Waals surface area contributed by atoms with Crippen LogP contribution >= 0.6 is 7.82 Å². The number of rotatable bonds is 41. The van der Waals surface area contributed by atoms with Crippen LogP contribution in [0.1, 0.15) is 226 Å². The van der Waals surface area contributed by atoms with E-state index in [4.69, 9.17) is 9.05 Å². The number of unbranched alkanes of at least 4 members (excludes halogenated alkanes) is 30. The molecule has 12 nitrogen and oxygen atoms in total. The smallest absolute Gasteiger partial charge is 0.387 e. The molecule has 0 bridgehead atoms. The van der Waals surface area contributed by atoms with E-state index in [1.54, 1.807) is 0 Å². The fourth-order valence-electron chi connectivity index (χ4n) is 8.02. The van der Waals surface area contributed by atoms with Gasteiger partial charge in [0.15, 0.2) is 0 Å². The first-order valence-electron chi connectivity index (χ1n) is 24.6. The van der Waals surface area contributed by atoms with Gasteiger partial charge in [-0.15, -0.1) is 0 Å². The molecular formula is C47H92NO11P. The van der Waals surface area contributed by atoms with Crippen LogP contribution in [-0.2, 0) is 18.4 Å². The highest BCUT2D eigenvalue weighted by molar-refractivity contribution is 7.47. The number of nitrogens with one attached hydrogen (secondary N) is 1. The highest BCUT2D eigenvalue weighted by atomic mass is 31.2. The van der Waals surface area contributed by atoms with Crippen molar-refractivity contribution >= 4 is 13.7 Å². The number of hydrogen-bond acceptors (Lipinski definition) is 10. The Hall–Kier alpha value is -0.920. The Kier molecular flexibility index (Phi) is 35.6. The van der Waals surface area contributed by atoms with Gasteiger partial charge >= 0.3 is 7.82 Å². The summed E-state index contributed by atoms with van der Waals surface area (Å²) in [5, 5.41) is 64.0. The van der Waals surface area contributed by atoms with E-state index in [9.17, 15) is 44.9 Å². The van der Waals surface area contributed by atoms with E-state index in [0.717, 1.165) is 44.9 Å². The molecule has 0 radical (unpaired) electrons. The molecule has 9 atom stereocenters. The molecule has 6 unspecified atom stereocenters. The number of phosphoric acid groups is 1. The highest BCUT2D eigenvalue weighted by Gasteiger charge is 2.51. The van der Waals surface area contributed by atoms with E-state index in [1.807, 2.05) is 6.08 Å². The molecule has 8 N–H and O–H groups in total. The number of phosphoric ester groups is 1. The van der Waals surface area contributed by atoms with E-state index < -0.39 is 63.2 Å². The van der Waals surface area contributed by atoms with Crippen molar-refractivity contribution in [2.75, 3.05) is 6.61 Å². The molecule has 0 aromatic carbocycles. The molecule has 13 heteroatoms. The first-order valence-corrected chi connectivity index (χ1v) is 26.1. The molecule has 60 heavy (non-hydrogen) atoms. The number of carbonyl (C=O) groups is 1. The lowest BCUT2D eigenvalue weighted by Gasteiger charge is -2.41. The number of aliphatic hydroxyl groups is 6. The van der Waals surface area contributed by atoms with Crippen LogP contribution in [0, 0.1) is 0 Å². The molecule has 0 aromatic rings. The molecule has 356 valence electrons. The van der Waals surface area contributed by atoms with Crippen molar-refractivity contribution in [2.45, 2.75) is 275 Å². The summed E-state index contributed by atoms with van der Waals surface area (Å²) < 4.78 is 22.9. The summed E-state index contributed by atoms with van der Waals surface area (Å²) in [6, 6.07) is -1.11. The van der Waals surface area contributed by atoms with Gasteiger partial charge in [0.05, 0.1) is 18.8 Å². The van der Waals surface area contributed by atoms with Gasteiger partial charge in [-0.2, -0.15) is 0 Å². The maximum Gasteiger partial charge on any atom is 0.472 e. The van der Waals surface area contributed by atoms with Crippen molar-refractivity contribution < 1.29 is 53.9 Å². The summed E-state index contributed by atoms with van der Waals surface area (Å²) in [5.41, 5.74) is 0. The Morgan fingerprint density at radius 3 is 1.27 bits per heavy atom. The van der Waals surface area contributed by atoms with Gasteiger partial charge in [0.1, 0.15) is 36.6 Å². The molecule has 1 saturated carbocycles. The fourth-order valence-corrected chi connectivity index (χ4v) is 8.99. The lowest BCUT2D eigenvalue weighted by molar-refractivity contribution is -0.220. The molecule has 0 heterocycles. The lowest BCUT2D eigenvalue weighted by atomic mass is 9.85. The summed E-state index contributed by atoms with van der Waals surface area (Å²) in [4.78, 5) is 23.4. The van der Waals surface area contributed by atoms with Gasteiger partial charge in [0.2, 0.25) is 5.91 Å². The molecule has 1 amide bonds. The van der Waals surface area contributed by atoms with Crippen LogP contribution in [0.3, 0.4) is 0 Å². The molecule has 1 fully saturated rings. The van der Waals surface area contributed by atoms with Crippen molar-refractivity contribution in [1.82, 2.24) is 5.32 Å². The van der Waals surface area contributed by atoms with Crippen molar-refractivity contribution in [1.29, 1.82) is 0 Å². The summed E-state index contributed by atoms with van der Waals surface area (Å²) in [5.74, 6) is -0.337. The standard InChI is InChI=1S/C47H92NO11P/c1-3-5-7-9-11-13-15-17-19-20-21-22-23-25-27-29-31-33-35-37-41(50)48-39(38-58-60(56,57)59-47-45(54)43(52)42(51)44(53)46(47)55)40(49)36-34-32-30-28-26-24-18-16-14-12-10-8-6-4-2/h34,36,39-40,42-47,49,51-55H,3-33,35,37-38H2,1-2H3,(H,48,50)(H,56,57)/b36-34+/t39-,40+,42?,43+,44?,45?,46?,47?/m0/s1. The van der Waals surface area contributed by atoms with Crippen LogP contribution in [0.5, 0.6) is 0 Å². The van der Waals surface area contributed by atoms with Crippen LogP contribution in [0.2, 0.25) is 0 Å². The Labute approximate surface area is 365 Å². The third-order valence-corrected chi connectivity index (χ3v) is 13.1.